The summed E-state index contributed by atoms with van der Waals surface area (Å²) in [5.41, 5.74) is 0.913. The first-order chi connectivity index (χ1) is 8.39. The van der Waals surface area contributed by atoms with Gasteiger partial charge in [0, 0.05) is 6.42 Å². The van der Waals surface area contributed by atoms with Crippen molar-refractivity contribution in [1.82, 2.24) is 5.32 Å². The summed E-state index contributed by atoms with van der Waals surface area (Å²) >= 11 is 0. The van der Waals surface area contributed by atoms with E-state index in [0.29, 0.717) is 6.42 Å². The number of carbonyl (C=O) groups excluding carboxylic acids is 2. The highest BCUT2D eigenvalue weighted by Gasteiger charge is 2.42. The van der Waals surface area contributed by atoms with E-state index >= 15 is 0 Å². The van der Waals surface area contributed by atoms with Gasteiger partial charge in [0.2, 0.25) is 11.8 Å². The topological polar surface area (TPSA) is 46.2 Å². The quantitative estimate of drug-likeness (QED) is 0.773. The Kier molecular flexibility index (Phi) is 3.24. The molecule has 1 saturated heterocycles. The Morgan fingerprint density at radius 1 is 1.11 bits per heavy atom. The number of nitrogens with one attached hydrogen (secondary N) is 1. The molecule has 0 saturated carbocycles. The van der Waals surface area contributed by atoms with Gasteiger partial charge in [0.05, 0.1) is 5.92 Å². The van der Waals surface area contributed by atoms with E-state index in [0.717, 1.165) is 5.56 Å². The number of hydrogen-bond donors (Lipinski definition) is 1. The van der Waals surface area contributed by atoms with E-state index in [2.05, 4.69) is 26.1 Å². The van der Waals surface area contributed by atoms with Crippen molar-refractivity contribution in [3.63, 3.8) is 0 Å². The second-order valence-corrected chi connectivity index (χ2v) is 5.98. The SMILES string of the molecule is CC(C)(C)C1CC(=O)NC(=O)C1c1ccccc1. The van der Waals surface area contributed by atoms with Crippen LogP contribution in [0.5, 0.6) is 0 Å². The van der Waals surface area contributed by atoms with Crippen molar-refractivity contribution in [2.75, 3.05) is 0 Å². The molecule has 1 N–H and O–H groups in total. The molecular weight excluding hydrogens is 226 g/mol. The summed E-state index contributed by atoms with van der Waals surface area (Å²) in [6.07, 6.45) is 0.412. The first-order valence-corrected chi connectivity index (χ1v) is 6.28. The second-order valence-electron chi connectivity index (χ2n) is 5.98. The van der Waals surface area contributed by atoms with Gasteiger partial charge in [-0.2, -0.15) is 0 Å². The van der Waals surface area contributed by atoms with Crippen molar-refractivity contribution >= 4 is 11.8 Å². The molecule has 0 bridgehead atoms. The molecule has 18 heavy (non-hydrogen) atoms. The van der Waals surface area contributed by atoms with E-state index in [4.69, 9.17) is 0 Å². The third-order valence-electron chi connectivity index (χ3n) is 3.62. The molecule has 1 heterocycles. The van der Waals surface area contributed by atoms with Crippen molar-refractivity contribution in [3.05, 3.63) is 35.9 Å². The molecule has 1 aliphatic heterocycles. The summed E-state index contributed by atoms with van der Waals surface area (Å²) in [5.74, 6) is -0.519. The zero-order valence-corrected chi connectivity index (χ0v) is 11.1. The lowest BCUT2D eigenvalue weighted by Gasteiger charge is -2.39. The Balaban J connectivity index is 2.40. The van der Waals surface area contributed by atoms with Crippen LogP contribution in [0.2, 0.25) is 0 Å². The molecule has 0 aromatic heterocycles. The van der Waals surface area contributed by atoms with Crippen LogP contribution >= 0.6 is 0 Å². The van der Waals surface area contributed by atoms with Crippen LogP contribution in [0.25, 0.3) is 0 Å². The molecule has 2 rings (SSSR count). The van der Waals surface area contributed by atoms with Gasteiger partial charge in [0.15, 0.2) is 0 Å². The van der Waals surface area contributed by atoms with Gasteiger partial charge < -0.3 is 0 Å². The van der Waals surface area contributed by atoms with E-state index in [1.807, 2.05) is 30.3 Å². The number of rotatable bonds is 1. The van der Waals surface area contributed by atoms with Crippen LogP contribution < -0.4 is 5.32 Å². The van der Waals surface area contributed by atoms with Crippen LogP contribution in [0.15, 0.2) is 30.3 Å². The Morgan fingerprint density at radius 2 is 1.72 bits per heavy atom. The fourth-order valence-electron chi connectivity index (χ4n) is 2.62. The van der Waals surface area contributed by atoms with Crippen molar-refractivity contribution < 1.29 is 9.59 Å². The molecule has 2 atom stereocenters. The minimum Gasteiger partial charge on any atom is -0.296 e. The average molecular weight is 245 g/mol. The third kappa shape index (κ3) is 2.45. The van der Waals surface area contributed by atoms with Crippen molar-refractivity contribution in [2.24, 2.45) is 11.3 Å². The molecule has 2 amide bonds. The minimum absolute atomic E-state index is 0.0427. The molecule has 3 nitrogen and oxygen atoms in total. The molecule has 1 aromatic rings. The molecule has 1 fully saturated rings. The number of piperidine rings is 1. The van der Waals surface area contributed by atoms with Crippen LogP contribution in [0, 0.1) is 11.3 Å². The van der Waals surface area contributed by atoms with Crippen molar-refractivity contribution in [1.29, 1.82) is 0 Å². The van der Waals surface area contributed by atoms with Crippen LogP contribution in [-0.2, 0) is 9.59 Å². The largest absolute Gasteiger partial charge is 0.296 e. The highest BCUT2D eigenvalue weighted by molar-refractivity contribution is 6.01. The number of benzene rings is 1. The van der Waals surface area contributed by atoms with E-state index in [1.54, 1.807) is 0 Å². The molecule has 0 aliphatic carbocycles. The van der Waals surface area contributed by atoms with Gasteiger partial charge in [-0.25, -0.2) is 0 Å². The fourth-order valence-corrected chi connectivity index (χ4v) is 2.62. The van der Waals surface area contributed by atoms with E-state index < -0.39 is 0 Å². The van der Waals surface area contributed by atoms with Gasteiger partial charge in [-0.1, -0.05) is 51.1 Å². The third-order valence-corrected chi connectivity index (χ3v) is 3.62. The van der Waals surface area contributed by atoms with Gasteiger partial charge in [-0.05, 0) is 16.9 Å². The lowest BCUT2D eigenvalue weighted by molar-refractivity contribution is -0.138. The zero-order valence-electron chi connectivity index (χ0n) is 11.1. The first kappa shape index (κ1) is 12.8. The Morgan fingerprint density at radius 3 is 2.28 bits per heavy atom. The van der Waals surface area contributed by atoms with Crippen LogP contribution in [-0.4, -0.2) is 11.8 Å². The number of amides is 2. The molecule has 2 unspecified atom stereocenters. The van der Waals surface area contributed by atoms with Crippen LogP contribution in [0.1, 0.15) is 38.7 Å². The Bertz CT molecular complexity index is 459. The van der Waals surface area contributed by atoms with Gasteiger partial charge in [0.25, 0.3) is 0 Å². The highest BCUT2D eigenvalue weighted by Crippen LogP contribution is 2.42. The Labute approximate surface area is 108 Å². The van der Waals surface area contributed by atoms with Crippen LogP contribution in [0.4, 0.5) is 0 Å². The Hall–Kier alpha value is -1.64. The van der Waals surface area contributed by atoms with Crippen molar-refractivity contribution in [3.8, 4) is 0 Å². The predicted octanol–water partition coefficient (Wildman–Crippen LogP) is 2.48. The van der Waals surface area contributed by atoms with E-state index in [-0.39, 0.29) is 29.1 Å². The maximum absolute atomic E-state index is 12.1. The van der Waals surface area contributed by atoms with Gasteiger partial charge in [0.1, 0.15) is 0 Å². The molecule has 1 aliphatic rings. The maximum atomic E-state index is 12.1. The summed E-state index contributed by atoms with van der Waals surface area (Å²) in [6, 6.07) is 9.70. The lowest BCUT2D eigenvalue weighted by atomic mass is 9.67. The molecular formula is C15H19NO2. The van der Waals surface area contributed by atoms with E-state index in [1.165, 1.54) is 0 Å². The summed E-state index contributed by atoms with van der Waals surface area (Å²) in [4.78, 5) is 23.7. The smallest absolute Gasteiger partial charge is 0.234 e. The zero-order chi connectivity index (χ0) is 13.3. The average Bonchev–Trinajstić information content (AvgIpc) is 2.28. The molecule has 0 spiro atoms. The normalized spacial score (nSPS) is 24.8. The summed E-state index contributed by atoms with van der Waals surface area (Å²) in [7, 11) is 0. The second kappa shape index (κ2) is 4.56. The van der Waals surface area contributed by atoms with Gasteiger partial charge >= 0.3 is 0 Å². The number of carbonyl (C=O) groups is 2. The van der Waals surface area contributed by atoms with E-state index in [9.17, 15) is 9.59 Å². The molecule has 1 aromatic carbocycles. The molecule has 96 valence electrons. The summed E-state index contributed by atoms with van der Waals surface area (Å²) in [6.45, 7) is 6.25. The summed E-state index contributed by atoms with van der Waals surface area (Å²) < 4.78 is 0. The standard InChI is InChI=1S/C15H19NO2/c1-15(2,3)11-9-12(17)16-14(18)13(11)10-7-5-4-6-8-10/h4-8,11,13H,9H2,1-3H3,(H,16,17,18). The summed E-state index contributed by atoms with van der Waals surface area (Å²) in [5, 5.41) is 2.45. The first-order valence-electron chi connectivity index (χ1n) is 6.28. The fraction of sp³-hybridized carbons (Fsp3) is 0.467. The predicted molar refractivity (Wildman–Crippen MR) is 69.9 cm³/mol. The lowest BCUT2D eigenvalue weighted by Crippen LogP contribution is -2.48. The van der Waals surface area contributed by atoms with Crippen molar-refractivity contribution in [2.45, 2.75) is 33.1 Å². The van der Waals surface area contributed by atoms with Gasteiger partial charge in [-0.3, -0.25) is 14.9 Å². The van der Waals surface area contributed by atoms with Gasteiger partial charge in [-0.15, -0.1) is 0 Å². The number of imide groups is 1. The number of hydrogen-bond acceptors (Lipinski definition) is 2. The maximum Gasteiger partial charge on any atom is 0.234 e. The van der Waals surface area contributed by atoms with Crippen LogP contribution in [0.3, 0.4) is 0 Å². The minimum atomic E-state index is -0.233. The monoisotopic (exact) mass is 245 g/mol. The molecule has 3 heteroatoms. The highest BCUT2D eigenvalue weighted by atomic mass is 16.2. The molecule has 0 radical (unpaired) electrons.